The summed E-state index contributed by atoms with van der Waals surface area (Å²) in [5, 5.41) is 5.77. The molecule has 0 saturated heterocycles. The summed E-state index contributed by atoms with van der Waals surface area (Å²) in [5.74, 6) is 0.727. The van der Waals surface area contributed by atoms with E-state index in [-0.39, 0.29) is 0 Å². The number of anilines is 1. The molecule has 1 aromatic heterocycles. The number of aromatic nitrogens is 1. The Labute approximate surface area is 158 Å². The van der Waals surface area contributed by atoms with Gasteiger partial charge in [0.05, 0.1) is 18.3 Å². The molecule has 0 aliphatic carbocycles. The van der Waals surface area contributed by atoms with Gasteiger partial charge in [-0.25, -0.2) is 0 Å². The van der Waals surface area contributed by atoms with Crippen LogP contribution >= 0.6 is 7.29 Å². The highest BCUT2D eigenvalue weighted by Gasteiger charge is 2.28. The summed E-state index contributed by atoms with van der Waals surface area (Å²) in [5.41, 5.74) is 1.54. The molecule has 1 atom stereocenters. The van der Waals surface area contributed by atoms with Crippen LogP contribution in [0, 0.1) is 0 Å². The highest BCUT2D eigenvalue weighted by Crippen LogP contribution is 2.44. The molecule has 0 spiro atoms. The predicted octanol–water partition coefficient (Wildman–Crippen LogP) is 4.58. The van der Waals surface area contributed by atoms with E-state index in [9.17, 15) is 4.57 Å². The summed E-state index contributed by atoms with van der Waals surface area (Å²) in [6.07, 6.45) is 1.74. The van der Waals surface area contributed by atoms with E-state index < -0.39 is 7.29 Å². The van der Waals surface area contributed by atoms with Crippen LogP contribution in [0.25, 0.3) is 10.9 Å². The van der Waals surface area contributed by atoms with E-state index in [2.05, 4.69) is 10.1 Å². The van der Waals surface area contributed by atoms with Gasteiger partial charge in [-0.05, 0) is 48.5 Å². The van der Waals surface area contributed by atoms with Crippen molar-refractivity contribution >= 4 is 34.5 Å². The monoisotopic (exact) mass is 374 g/mol. The zero-order chi connectivity index (χ0) is 18.7. The van der Waals surface area contributed by atoms with E-state index >= 15 is 0 Å². The number of fused-ring (bicyclic) bond motifs is 1. The fourth-order valence-electron chi connectivity index (χ4n) is 3.07. The van der Waals surface area contributed by atoms with Crippen molar-refractivity contribution in [2.75, 3.05) is 12.2 Å². The lowest BCUT2D eigenvalue weighted by molar-refractivity contribution is 0.415. The number of pyridine rings is 1. The molecule has 1 unspecified atom stereocenters. The molecule has 0 saturated carbocycles. The van der Waals surface area contributed by atoms with Gasteiger partial charge >= 0.3 is 0 Å². The Bertz CT molecular complexity index is 1110. The van der Waals surface area contributed by atoms with Crippen LogP contribution in [0.2, 0.25) is 0 Å². The normalized spacial score (nSPS) is 13.1. The number of nitrogens with one attached hydrogen (secondary N) is 1. The number of methoxy groups -OCH3 is 1. The van der Waals surface area contributed by atoms with Crippen molar-refractivity contribution in [1.82, 2.24) is 4.98 Å². The van der Waals surface area contributed by atoms with Gasteiger partial charge in [-0.1, -0.05) is 36.4 Å². The Hall–Kier alpha value is -3.10. The van der Waals surface area contributed by atoms with Gasteiger partial charge in [0.15, 0.2) is 0 Å². The molecule has 4 rings (SSSR count). The molecule has 0 amide bonds. The molecule has 27 heavy (non-hydrogen) atoms. The SMILES string of the molecule is COc1ccc(P(=O)(Nc2cccc3cccnc23)c2ccccc2)cc1. The molecule has 0 fully saturated rings. The van der Waals surface area contributed by atoms with Gasteiger partial charge in [0, 0.05) is 22.2 Å². The number of ether oxygens (including phenoxy) is 1. The summed E-state index contributed by atoms with van der Waals surface area (Å²) in [4.78, 5) is 4.48. The standard InChI is InChI=1S/C22H19N2O2P/c1-26-18-12-14-20(15-13-18)27(25,19-9-3-2-4-10-19)24-21-11-5-7-17-8-6-16-23-22(17)21/h2-16H,1H3,(H,24,25). The third-order valence-electron chi connectivity index (χ3n) is 4.47. The van der Waals surface area contributed by atoms with Crippen molar-refractivity contribution in [1.29, 1.82) is 0 Å². The first-order valence-electron chi connectivity index (χ1n) is 8.63. The zero-order valence-corrected chi connectivity index (χ0v) is 15.8. The van der Waals surface area contributed by atoms with E-state index in [1.54, 1.807) is 13.3 Å². The van der Waals surface area contributed by atoms with E-state index in [4.69, 9.17) is 4.74 Å². The average Bonchev–Trinajstić information content (AvgIpc) is 2.74. The highest BCUT2D eigenvalue weighted by atomic mass is 31.2. The quantitative estimate of drug-likeness (QED) is 0.520. The van der Waals surface area contributed by atoms with Gasteiger partial charge in [-0.3, -0.25) is 9.55 Å². The van der Waals surface area contributed by atoms with Gasteiger partial charge in [0.1, 0.15) is 5.75 Å². The number of hydrogen-bond donors (Lipinski definition) is 1. The third-order valence-corrected chi connectivity index (χ3v) is 7.07. The van der Waals surface area contributed by atoms with Crippen molar-refractivity contribution < 1.29 is 9.30 Å². The lowest BCUT2D eigenvalue weighted by Crippen LogP contribution is -2.21. The Kier molecular flexibility index (Phi) is 4.66. The minimum absolute atomic E-state index is 0.711. The first-order chi connectivity index (χ1) is 13.2. The molecule has 0 aliphatic rings. The smallest absolute Gasteiger partial charge is 0.227 e. The van der Waals surface area contributed by atoms with Gasteiger partial charge in [-0.15, -0.1) is 0 Å². The Morgan fingerprint density at radius 1 is 0.815 bits per heavy atom. The number of benzene rings is 3. The molecular weight excluding hydrogens is 355 g/mol. The first-order valence-corrected chi connectivity index (χ1v) is 10.3. The summed E-state index contributed by atoms with van der Waals surface area (Å²) in [7, 11) is -1.51. The number of rotatable bonds is 5. The largest absolute Gasteiger partial charge is 0.497 e. The van der Waals surface area contributed by atoms with E-state index in [1.165, 1.54) is 0 Å². The van der Waals surface area contributed by atoms with Crippen LogP contribution in [0.1, 0.15) is 0 Å². The maximum absolute atomic E-state index is 14.2. The topological polar surface area (TPSA) is 51.2 Å². The lowest BCUT2D eigenvalue weighted by Gasteiger charge is -2.22. The van der Waals surface area contributed by atoms with Gasteiger partial charge in [0.2, 0.25) is 7.29 Å². The highest BCUT2D eigenvalue weighted by molar-refractivity contribution is 7.80. The van der Waals surface area contributed by atoms with Crippen molar-refractivity contribution in [2.45, 2.75) is 0 Å². The second-order valence-corrected chi connectivity index (χ2v) is 8.61. The average molecular weight is 374 g/mol. The molecule has 0 radical (unpaired) electrons. The van der Waals surface area contributed by atoms with Crippen LogP contribution in [0.4, 0.5) is 5.69 Å². The summed E-state index contributed by atoms with van der Waals surface area (Å²) < 4.78 is 19.5. The van der Waals surface area contributed by atoms with Gasteiger partial charge in [-0.2, -0.15) is 0 Å². The van der Waals surface area contributed by atoms with Crippen LogP contribution in [0.15, 0.2) is 91.1 Å². The fourth-order valence-corrected chi connectivity index (χ4v) is 5.31. The molecule has 4 nitrogen and oxygen atoms in total. The fraction of sp³-hybridized carbons (Fsp3) is 0.0455. The zero-order valence-electron chi connectivity index (χ0n) is 14.9. The summed E-state index contributed by atoms with van der Waals surface area (Å²) >= 11 is 0. The Morgan fingerprint density at radius 2 is 1.52 bits per heavy atom. The van der Waals surface area contributed by atoms with Crippen LogP contribution in [-0.4, -0.2) is 12.1 Å². The maximum Gasteiger partial charge on any atom is 0.227 e. The molecule has 0 aliphatic heterocycles. The van der Waals surface area contributed by atoms with E-state index in [0.29, 0.717) is 5.30 Å². The van der Waals surface area contributed by atoms with Crippen LogP contribution in [0.5, 0.6) is 5.75 Å². The van der Waals surface area contributed by atoms with Crippen molar-refractivity contribution in [2.24, 2.45) is 0 Å². The van der Waals surface area contributed by atoms with Crippen LogP contribution in [-0.2, 0) is 4.57 Å². The molecule has 0 bridgehead atoms. The minimum atomic E-state index is -3.13. The number of nitrogens with zero attached hydrogens (tertiary/aromatic N) is 1. The maximum atomic E-state index is 14.2. The second kappa shape index (κ2) is 7.26. The van der Waals surface area contributed by atoms with E-state index in [1.807, 2.05) is 84.9 Å². The van der Waals surface area contributed by atoms with E-state index in [0.717, 1.165) is 27.6 Å². The Balaban J connectivity index is 1.86. The van der Waals surface area contributed by atoms with Crippen molar-refractivity contribution in [3.63, 3.8) is 0 Å². The summed E-state index contributed by atoms with van der Waals surface area (Å²) in [6.45, 7) is 0. The Morgan fingerprint density at radius 3 is 2.26 bits per heavy atom. The predicted molar refractivity (Wildman–Crippen MR) is 112 cm³/mol. The van der Waals surface area contributed by atoms with Crippen molar-refractivity contribution in [3.8, 4) is 5.75 Å². The molecular formula is C22H19N2O2P. The number of para-hydroxylation sites is 1. The van der Waals surface area contributed by atoms with Crippen molar-refractivity contribution in [3.05, 3.63) is 91.1 Å². The second-order valence-electron chi connectivity index (χ2n) is 6.14. The molecule has 1 N–H and O–H groups in total. The van der Waals surface area contributed by atoms with Crippen LogP contribution < -0.4 is 20.4 Å². The third kappa shape index (κ3) is 3.32. The molecule has 3 aromatic carbocycles. The van der Waals surface area contributed by atoms with Gasteiger partial charge < -0.3 is 9.82 Å². The molecule has 134 valence electrons. The molecule has 5 heteroatoms. The lowest BCUT2D eigenvalue weighted by atomic mass is 10.2. The van der Waals surface area contributed by atoms with Crippen LogP contribution in [0.3, 0.4) is 0 Å². The minimum Gasteiger partial charge on any atom is -0.497 e. The first kappa shape index (κ1) is 17.3. The molecule has 4 aromatic rings. The molecule has 1 heterocycles. The summed E-state index contributed by atoms with van der Waals surface area (Å²) in [6, 6.07) is 26.6. The van der Waals surface area contributed by atoms with Gasteiger partial charge in [0.25, 0.3) is 0 Å². The number of hydrogen-bond acceptors (Lipinski definition) is 3.